The van der Waals surface area contributed by atoms with Crippen molar-refractivity contribution in [3.63, 3.8) is 0 Å². The molecular formula is C22H25N3O5S. The van der Waals surface area contributed by atoms with Crippen LogP contribution >= 0.6 is 0 Å². The van der Waals surface area contributed by atoms with Crippen LogP contribution in [0.5, 0.6) is 0 Å². The van der Waals surface area contributed by atoms with Gasteiger partial charge in [-0.15, -0.1) is 0 Å². The summed E-state index contributed by atoms with van der Waals surface area (Å²) in [6.45, 7) is 1.67. The van der Waals surface area contributed by atoms with Gasteiger partial charge in [0.05, 0.1) is 11.3 Å². The molecule has 3 rings (SSSR count). The summed E-state index contributed by atoms with van der Waals surface area (Å²) in [5.74, 6) is -1.04. The Bertz CT molecular complexity index is 1210. The van der Waals surface area contributed by atoms with E-state index >= 15 is 0 Å². The van der Waals surface area contributed by atoms with E-state index in [1.54, 1.807) is 19.1 Å². The van der Waals surface area contributed by atoms with Crippen LogP contribution < -0.4 is 5.32 Å². The summed E-state index contributed by atoms with van der Waals surface area (Å²) in [6, 6.07) is 14.4. The van der Waals surface area contributed by atoms with Crippen molar-refractivity contribution in [2.45, 2.75) is 24.8 Å². The van der Waals surface area contributed by atoms with Crippen molar-refractivity contribution in [2.24, 2.45) is 0 Å². The Kier molecular flexibility index (Phi) is 6.77. The van der Waals surface area contributed by atoms with Crippen LogP contribution in [-0.2, 0) is 30.9 Å². The number of benzene rings is 2. The summed E-state index contributed by atoms with van der Waals surface area (Å²) in [7, 11) is -0.761. The van der Waals surface area contributed by atoms with Crippen LogP contribution in [0, 0.1) is 6.92 Å². The summed E-state index contributed by atoms with van der Waals surface area (Å²) in [6.07, 6.45) is 2.03. The minimum absolute atomic E-state index is 0.103. The number of para-hydroxylation sites is 1. The molecule has 0 saturated carbocycles. The van der Waals surface area contributed by atoms with Crippen LogP contribution in [0.25, 0.3) is 10.9 Å². The molecule has 0 aliphatic carbocycles. The number of nitrogens with zero attached hydrogens (tertiary/aromatic N) is 2. The fourth-order valence-corrected chi connectivity index (χ4v) is 4.26. The molecule has 1 amide bonds. The second kappa shape index (κ2) is 9.32. The van der Waals surface area contributed by atoms with Gasteiger partial charge in [0.2, 0.25) is 10.0 Å². The lowest BCUT2D eigenvalue weighted by Crippen LogP contribution is -2.24. The van der Waals surface area contributed by atoms with Gasteiger partial charge in [0.25, 0.3) is 5.91 Å². The van der Waals surface area contributed by atoms with Crippen molar-refractivity contribution in [3.05, 3.63) is 60.3 Å². The molecule has 0 aliphatic rings. The van der Waals surface area contributed by atoms with Crippen molar-refractivity contribution >= 4 is 38.5 Å². The molecule has 2 aromatic carbocycles. The summed E-state index contributed by atoms with van der Waals surface area (Å²) in [4.78, 5) is 24.3. The maximum atomic E-state index is 12.4. The summed E-state index contributed by atoms with van der Waals surface area (Å²) in [5.41, 5.74) is 1.90. The average Bonchev–Trinajstić information content (AvgIpc) is 3.15. The fraction of sp³-hybridized carbons (Fsp3) is 0.273. The number of aryl methyl sites for hydroxylation is 2. The first kappa shape index (κ1) is 22.5. The van der Waals surface area contributed by atoms with Gasteiger partial charge in [-0.1, -0.05) is 24.3 Å². The van der Waals surface area contributed by atoms with Gasteiger partial charge in [0, 0.05) is 38.0 Å². The van der Waals surface area contributed by atoms with Crippen LogP contribution in [0.1, 0.15) is 12.0 Å². The zero-order valence-corrected chi connectivity index (χ0v) is 18.5. The Hall–Kier alpha value is -3.17. The Balaban J connectivity index is 1.53. The number of hydrogen-bond donors (Lipinski definition) is 1. The summed E-state index contributed by atoms with van der Waals surface area (Å²) in [5, 5.41) is 3.65. The van der Waals surface area contributed by atoms with Crippen LogP contribution in [0.3, 0.4) is 0 Å². The quantitative estimate of drug-likeness (QED) is 0.540. The fourth-order valence-electron chi connectivity index (χ4n) is 3.12. The maximum Gasteiger partial charge on any atom is 0.308 e. The van der Waals surface area contributed by atoms with Crippen molar-refractivity contribution in [2.75, 3.05) is 26.0 Å². The molecule has 3 aromatic rings. The molecule has 0 spiro atoms. The highest BCUT2D eigenvalue weighted by Crippen LogP contribution is 2.22. The molecule has 9 heteroatoms. The first-order chi connectivity index (χ1) is 14.7. The second-order valence-corrected chi connectivity index (χ2v) is 9.41. The molecule has 0 saturated heterocycles. The van der Waals surface area contributed by atoms with Gasteiger partial charge in [0.1, 0.15) is 0 Å². The molecule has 0 radical (unpaired) electrons. The van der Waals surface area contributed by atoms with E-state index < -0.39 is 28.5 Å². The smallest absolute Gasteiger partial charge is 0.308 e. The third kappa shape index (κ3) is 5.31. The Morgan fingerprint density at radius 2 is 1.84 bits per heavy atom. The highest BCUT2D eigenvalue weighted by molar-refractivity contribution is 7.89. The minimum atomic E-state index is -3.64. The summed E-state index contributed by atoms with van der Waals surface area (Å²) < 4.78 is 32.9. The van der Waals surface area contributed by atoms with E-state index in [0.717, 1.165) is 15.2 Å². The predicted octanol–water partition coefficient (Wildman–Crippen LogP) is 2.77. The van der Waals surface area contributed by atoms with E-state index in [0.29, 0.717) is 17.8 Å². The number of amides is 1. The van der Waals surface area contributed by atoms with Gasteiger partial charge in [0.15, 0.2) is 6.61 Å². The monoisotopic (exact) mass is 443 g/mol. The number of hydrogen-bond acceptors (Lipinski definition) is 5. The maximum absolute atomic E-state index is 12.4. The lowest BCUT2D eigenvalue weighted by Gasteiger charge is -2.15. The minimum Gasteiger partial charge on any atom is -0.456 e. The highest BCUT2D eigenvalue weighted by atomic mass is 32.2. The molecule has 8 nitrogen and oxygen atoms in total. The average molecular weight is 444 g/mol. The van der Waals surface area contributed by atoms with Crippen molar-refractivity contribution in [1.82, 2.24) is 8.87 Å². The molecule has 1 N–H and O–H groups in total. The third-order valence-corrected chi connectivity index (χ3v) is 6.79. The molecule has 0 fully saturated rings. The first-order valence-electron chi connectivity index (χ1n) is 9.71. The van der Waals surface area contributed by atoms with Crippen LogP contribution in [0.2, 0.25) is 0 Å². The van der Waals surface area contributed by atoms with E-state index in [4.69, 9.17) is 4.74 Å². The van der Waals surface area contributed by atoms with E-state index in [9.17, 15) is 18.0 Å². The first-order valence-corrected chi connectivity index (χ1v) is 11.1. The van der Waals surface area contributed by atoms with Gasteiger partial charge in [-0.3, -0.25) is 9.59 Å². The van der Waals surface area contributed by atoms with E-state index in [2.05, 4.69) is 5.32 Å². The number of anilines is 1. The molecule has 1 aromatic heterocycles. The van der Waals surface area contributed by atoms with Gasteiger partial charge in [-0.05, 0) is 42.1 Å². The SMILES string of the molecule is Cc1ccc(NC(=O)COC(=O)CCn2ccc3ccccc32)cc1S(=O)(=O)N(C)C. The summed E-state index contributed by atoms with van der Waals surface area (Å²) >= 11 is 0. The second-order valence-electron chi connectivity index (χ2n) is 7.29. The van der Waals surface area contributed by atoms with Crippen LogP contribution in [-0.4, -0.2) is 49.9 Å². The molecule has 0 atom stereocenters. The molecule has 31 heavy (non-hydrogen) atoms. The zero-order chi connectivity index (χ0) is 22.6. The zero-order valence-electron chi connectivity index (χ0n) is 17.7. The Morgan fingerprint density at radius 3 is 2.58 bits per heavy atom. The molecule has 0 aliphatic heterocycles. The van der Waals surface area contributed by atoms with Gasteiger partial charge in [-0.25, -0.2) is 12.7 Å². The number of rotatable bonds is 8. The number of aromatic nitrogens is 1. The van der Waals surface area contributed by atoms with Crippen LogP contribution in [0.4, 0.5) is 5.69 Å². The molecular weight excluding hydrogens is 418 g/mol. The van der Waals surface area contributed by atoms with Gasteiger partial charge in [-0.2, -0.15) is 0 Å². The van der Waals surface area contributed by atoms with Crippen LogP contribution in [0.15, 0.2) is 59.6 Å². The lowest BCUT2D eigenvalue weighted by atomic mass is 10.2. The van der Waals surface area contributed by atoms with Crippen molar-refractivity contribution in [3.8, 4) is 0 Å². The Morgan fingerprint density at radius 1 is 1.10 bits per heavy atom. The molecule has 0 bridgehead atoms. The molecule has 0 unspecified atom stereocenters. The van der Waals surface area contributed by atoms with Gasteiger partial charge >= 0.3 is 5.97 Å². The highest BCUT2D eigenvalue weighted by Gasteiger charge is 2.20. The number of carbonyl (C=O) groups excluding carboxylic acids is 2. The topological polar surface area (TPSA) is 97.7 Å². The number of sulfonamides is 1. The van der Waals surface area contributed by atoms with E-state index in [1.165, 1.54) is 20.2 Å². The standard InChI is InChI=1S/C22H25N3O5S/c1-16-8-9-18(14-20(16)31(28,29)24(2)3)23-21(26)15-30-22(27)11-13-25-12-10-17-6-4-5-7-19(17)25/h4-10,12,14H,11,13,15H2,1-3H3,(H,23,26). The third-order valence-electron chi connectivity index (χ3n) is 4.83. The predicted molar refractivity (Wildman–Crippen MR) is 118 cm³/mol. The number of ether oxygens (including phenoxy) is 1. The van der Waals surface area contributed by atoms with E-state index in [-0.39, 0.29) is 11.3 Å². The number of esters is 1. The lowest BCUT2D eigenvalue weighted by molar-refractivity contribution is -0.147. The number of carbonyl (C=O) groups is 2. The molecule has 164 valence electrons. The Labute approximate surface area is 181 Å². The largest absolute Gasteiger partial charge is 0.456 e. The van der Waals surface area contributed by atoms with Gasteiger partial charge < -0.3 is 14.6 Å². The van der Waals surface area contributed by atoms with Crippen molar-refractivity contribution in [1.29, 1.82) is 0 Å². The number of nitrogens with one attached hydrogen (secondary N) is 1. The normalized spacial score (nSPS) is 11.6. The number of fused-ring (bicyclic) bond motifs is 1. The van der Waals surface area contributed by atoms with E-state index in [1.807, 2.05) is 41.1 Å². The van der Waals surface area contributed by atoms with Crippen molar-refractivity contribution < 1.29 is 22.7 Å². The molecule has 1 heterocycles.